The first-order valence-corrected chi connectivity index (χ1v) is 6.49. The molecular formula is C8H12N2O3S2. The molecule has 15 heavy (non-hydrogen) atoms. The van der Waals surface area contributed by atoms with Crippen molar-refractivity contribution >= 4 is 27.3 Å². The van der Waals surface area contributed by atoms with Gasteiger partial charge in [0.05, 0.1) is 11.4 Å². The average Bonchev–Trinajstić information content (AvgIpc) is 2.66. The van der Waals surface area contributed by atoms with E-state index in [4.69, 9.17) is 0 Å². The van der Waals surface area contributed by atoms with Crippen LogP contribution in [0.3, 0.4) is 0 Å². The van der Waals surface area contributed by atoms with Crippen molar-refractivity contribution in [1.29, 1.82) is 0 Å². The quantitative estimate of drug-likeness (QED) is 0.763. The fraction of sp³-hybridized carbons (Fsp3) is 0.375. The monoisotopic (exact) mass is 248 g/mol. The predicted molar refractivity (Wildman–Crippen MR) is 59.3 cm³/mol. The van der Waals surface area contributed by atoms with Gasteiger partial charge in [0.1, 0.15) is 0 Å². The van der Waals surface area contributed by atoms with Crippen molar-refractivity contribution in [3.8, 4) is 0 Å². The molecule has 0 atom stereocenters. The highest BCUT2D eigenvalue weighted by atomic mass is 32.2. The number of hydrogen-bond acceptors (Lipinski definition) is 4. The number of Topliss-reactive ketones (excluding diaryl/α,β-unsaturated/α-hetero) is 1. The van der Waals surface area contributed by atoms with E-state index in [0.29, 0.717) is 4.88 Å². The first kappa shape index (κ1) is 12.3. The summed E-state index contributed by atoms with van der Waals surface area (Å²) in [6, 6.07) is 3.41. The lowest BCUT2D eigenvalue weighted by Crippen LogP contribution is -2.38. The first-order valence-electron chi connectivity index (χ1n) is 4.17. The molecule has 0 aliphatic rings. The number of carbonyl (C=O) groups is 1. The Hall–Kier alpha value is -0.760. The van der Waals surface area contributed by atoms with Crippen LogP contribution in [0.15, 0.2) is 17.5 Å². The summed E-state index contributed by atoms with van der Waals surface area (Å²) in [4.78, 5) is 12.0. The Kier molecular flexibility index (Phi) is 3.97. The fourth-order valence-corrected chi connectivity index (χ4v) is 2.05. The Morgan fingerprint density at radius 2 is 2.20 bits per heavy atom. The van der Waals surface area contributed by atoms with E-state index in [9.17, 15) is 13.2 Å². The third kappa shape index (κ3) is 3.38. The highest BCUT2D eigenvalue weighted by Gasteiger charge is 2.15. The van der Waals surface area contributed by atoms with Crippen LogP contribution in [-0.4, -0.2) is 39.1 Å². The molecule has 0 aromatic carbocycles. The van der Waals surface area contributed by atoms with Crippen LogP contribution < -0.4 is 4.72 Å². The minimum absolute atomic E-state index is 0.207. The van der Waals surface area contributed by atoms with Crippen LogP contribution in [0.5, 0.6) is 0 Å². The molecule has 1 rings (SSSR count). The molecule has 0 aliphatic heterocycles. The smallest absolute Gasteiger partial charge is 0.279 e. The van der Waals surface area contributed by atoms with Gasteiger partial charge in [-0.25, -0.2) is 0 Å². The van der Waals surface area contributed by atoms with Crippen molar-refractivity contribution in [2.75, 3.05) is 20.6 Å². The fourth-order valence-electron chi connectivity index (χ4n) is 0.810. The molecule has 0 bridgehead atoms. The Balaban J connectivity index is 2.56. The van der Waals surface area contributed by atoms with E-state index in [1.807, 2.05) is 0 Å². The van der Waals surface area contributed by atoms with Gasteiger partial charge in [-0.2, -0.15) is 17.4 Å². The van der Waals surface area contributed by atoms with E-state index < -0.39 is 10.2 Å². The molecule has 1 heterocycles. The lowest BCUT2D eigenvalue weighted by molar-refractivity contribution is 0.100. The van der Waals surface area contributed by atoms with Gasteiger partial charge in [0, 0.05) is 14.1 Å². The summed E-state index contributed by atoms with van der Waals surface area (Å²) in [5, 5.41) is 1.77. The molecule has 0 aliphatic carbocycles. The Morgan fingerprint density at radius 1 is 1.53 bits per heavy atom. The molecule has 0 unspecified atom stereocenters. The van der Waals surface area contributed by atoms with Crippen molar-refractivity contribution < 1.29 is 13.2 Å². The highest BCUT2D eigenvalue weighted by molar-refractivity contribution is 7.87. The van der Waals surface area contributed by atoms with Crippen LogP contribution in [0, 0.1) is 0 Å². The predicted octanol–water partition coefficient (Wildman–Crippen LogP) is 0.327. The number of thiophene rings is 1. The van der Waals surface area contributed by atoms with Crippen molar-refractivity contribution in [3.05, 3.63) is 22.4 Å². The number of carbonyl (C=O) groups excluding carboxylic acids is 1. The standard InChI is InChI=1S/C8H12N2O3S2/c1-10(2)15(12,13)9-6-7(11)8-4-3-5-14-8/h3-5,9H,6H2,1-2H3. The third-order valence-corrected chi connectivity index (χ3v) is 4.07. The summed E-state index contributed by atoms with van der Waals surface area (Å²) in [6.07, 6.45) is 0. The van der Waals surface area contributed by atoms with E-state index in [0.717, 1.165) is 4.31 Å². The molecule has 0 radical (unpaired) electrons. The molecule has 84 valence electrons. The molecule has 1 aromatic rings. The topological polar surface area (TPSA) is 66.5 Å². The summed E-state index contributed by atoms with van der Waals surface area (Å²) in [6.45, 7) is -0.207. The van der Waals surface area contributed by atoms with Gasteiger partial charge in [-0.15, -0.1) is 11.3 Å². The number of nitrogens with one attached hydrogen (secondary N) is 1. The Morgan fingerprint density at radius 3 is 2.67 bits per heavy atom. The maximum atomic E-state index is 11.4. The molecule has 1 N–H and O–H groups in total. The molecule has 1 aromatic heterocycles. The summed E-state index contributed by atoms with van der Waals surface area (Å²) in [5.74, 6) is -0.226. The molecule has 0 spiro atoms. The van der Waals surface area contributed by atoms with E-state index in [1.54, 1.807) is 17.5 Å². The summed E-state index contributed by atoms with van der Waals surface area (Å²) in [7, 11) is -0.716. The van der Waals surface area contributed by atoms with Crippen LogP contribution in [-0.2, 0) is 10.2 Å². The lowest BCUT2D eigenvalue weighted by atomic mass is 10.3. The van der Waals surface area contributed by atoms with Gasteiger partial charge in [0.25, 0.3) is 10.2 Å². The van der Waals surface area contributed by atoms with E-state index >= 15 is 0 Å². The summed E-state index contributed by atoms with van der Waals surface area (Å²) in [5.41, 5.74) is 0. The van der Waals surface area contributed by atoms with Crippen molar-refractivity contribution in [2.24, 2.45) is 0 Å². The van der Waals surface area contributed by atoms with Crippen molar-refractivity contribution in [3.63, 3.8) is 0 Å². The van der Waals surface area contributed by atoms with Gasteiger partial charge >= 0.3 is 0 Å². The molecule has 0 amide bonds. The molecule has 5 nitrogen and oxygen atoms in total. The minimum Gasteiger partial charge on any atom is -0.292 e. The van der Waals surface area contributed by atoms with E-state index in [1.165, 1.54) is 25.4 Å². The van der Waals surface area contributed by atoms with Gasteiger partial charge < -0.3 is 0 Å². The largest absolute Gasteiger partial charge is 0.292 e. The van der Waals surface area contributed by atoms with E-state index in [-0.39, 0.29) is 12.3 Å². The second-order valence-corrected chi connectivity index (χ2v) is 5.93. The SMILES string of the molecule is CN(C)S(=O)(=O)NCC(=O)c1cccs1. The summed E-state index contributed by atoms with van der Waals surface area (Å²) < 4.78 is 25.8. The van der Waals surface area contributed by atoms with Crippen LogP contribution >= 0.6 is 11.3 Å². The van der Waals surface area contributed by atoms with Crippen LogP contribution in [0.25, 0.3) is 0 Å². The van der Waals surface area contributed by atoms with Gasteiger partial charge in [0.15, 0.2) is 5.78 Å². The number of rotatable bonds is 5. The number of nitrogens with zero attached hydrogens (tertiary/aromatic N) is 1. The average molecular weight is 248 g/mol. The van der Waals surface area contributed by atoms with Gasteiger partial charge in [-0.1, -0.05) is 6.07 Å². The Bertz CT molecular complexity index is 423. The van der Waals surface area contributed by atoms with Crippen LogP contribution in [0.4, 0.5) is 0 Å². The molecular weight excluding hydrogens is 236 g/mol. The zero-order valence-electron chi connectivity index (χ0n) is 8.43. The van der Waals surface area contributed by atoms with Gasteiger partial charge in [-0.3, -0.25) is 4.79 Å². The summed E-state index contributed by atoms with van der Waals surface area (Å²) >= 11 is 1.29. The first-order chi connectivity index (χ1) is 6.93. The van der Waals surface area contributed by atoms with E-state index in [2.05, 4.69) is 4.72 Å². The van der Waals surface area contributed by atoms with Crippen LogP contribution in [0.2, 0.25) is 0 Å². The van der Waals surface area contributed by atoms with Gasteiger partial charge in [0.2, 0.25) is 0 Å². The van der Waals surface area contributed by atoms with Crippen molar-refractivity contribution in [2.45, 2.75) is 0 Å². The minimum atomic E-state index is -3.52. The zero-order valence-corrected chi connectivity index (χ0v) is 10.1. The van der Waals surface area contributed by atoms with Crippen molar-refractivity contribution in [1.82, 2.24) is 9.03 Å². The third-order valence-electron chi connectivity index (χ3n) is 1.69. The highest BCUT2D eigenvalue weighted by Crippen LogP contribution is 2.08. The van der Waals surface area contributed by atoms with Crippen LogP contribution in [0.1, 0.15) is 9.67 Å². The van der Waals surface area contributed by atoms with Gasteiger partial charge in [-0.05, 0) is 11.4 Å². The Labute approximate surface area is 92.9 Å². The normalized spacial score (nSPS) is 11.9. The molecule has 0 saturated carbocycles. The molecule has 0 fully saturated rings. The zero-order chi connectivity index (χ0) is 11.5. The second kappa shape index (κ2) is 4.84. The maximum absolute atomic E-state index is 11.4. The lowest BCUT2D eigenvalue weighted by Gasteiger charge is -2.11. The number of ketones is 1. The maximum Gasteiger partial charge on any atom is 0.279 e. The molecule has 7 heteroatoms. The number of hydrogen-bond donors (Lipinski definition) is 1. The molecule has 0 saturated heterocycles. The second-order valence-electron chi connectivity index (χ2n) is 3.01.